The number of halogens is 1. The third kappa shape index (κ3) is 6.02. The predicted molar refractivity (Wildman–Crippen MR) is 103 cm³/mol. The SMILES string of the molecule is CCNC(=O)c1cccc(NC(=O)CSCc2ccc(Br)cc2)c1. The monoisotopic (exact) mass is 406 g/mol. The van der Waals surface area contributed by atoms with Gasteiger partial charge >= 0.3 is 0 Å². The lowest BCUT2D eigenvalue weighted by Crippen LogP contribution is -2.23. The van der Waals surface area contributed by atoms with E-state index in [9.17, 15) is 9.59 Å². The van der Waals surface area contributed by atoms with Crippen LogP contribution in [0.4, 0.5) is 5.69 Å². The fourth-order valence-electron chi connectivity index (χ4n) is 2.04. The Morgan fingerprint density at radius 3 is 2.58 bits per heavy atom. The number of carbonyl (C=O) groups is 2. The van der Waals surface area contributed by atoms with Crippen molar-refractivity contribution >= 4 is 45.2 Å². The first kappa shape index (κ1) is 18.5. The summed E-state index contributed by atoms with van der Waals surface area (Å²) >= 11 is 4.95. The molecule has 2 amide bonds. The highest BCUT2D eigenvalue weighted by molar-refractivity contribution is 9.10. The van der Waals surface area contributed by atoms with Crippen LogP contribution >= 0.6 is 27.7 Å². The Morgan fingerprint density at radius 2 is 1.88 bits per heavy atom. The van der Waals surface area contributed by atoms with E-state index in [1.807, 2.05) is 31.2 Å². The highest BCUT2D eigenvalue weighted by Crippen LogP contribution is 2.17. The van der Waals surface area contributed by atoms with Crippen molar-refractivity contribution in [2.75, 3.05) is 17.6 Å². The lowest BCUT2D eigenvalue weighted by molar-refractivity contribution is -0.113. The zero-order chi connectivity index (χ0) is 17.4. The summed E-state index contributed by atoms with van der Waals surface area (Å²) in [6.07, 6.45) is 0. The smallest absolute Gasteiger partial charge is 0.251 e. The van der Waals surface area contributed by atoms with Crippen molar-refractivity contribution in [2.24, 2.45) is 0 Å². The number of rotatable bonds is 7. The van der Waals surface area contributed by atoms with Gasteiger partial charge in [0.05, 0.1) is 5.75 Å². The minimum absolute atomic E-state index is 0.0786. The van der Waals surface area contributed by atoms with Gasteiger partial charge in [-0.15, -0.1) is 11.8 Å². The van der Waals surface area contributed by atoms with E-state index in [1.54, 1.807) is 36.0 Å². The Labute approximate surface area is 154 Å². The topological polar surface area (TPSA) is 58.2 Å². The summed E-state index contributed by atoms with van der Waals surface area (Å²) < 4.78 is 1.04. The third-order valence-electron chi connectivity index (χ3n) is 3.16. The fourth-order valence-corrected chi connectivity index (χ4v) is 3.09. The number of hydrogen-bond acceptors (Lipinski definition) is 3. The standard InChI is InChI=1S/C18H19BrN2O2S/c1-2-20-18(23)14-4-3-5-16(10-14)21-17(22)12-24-11-13-6-8-15(19)9-7-13/h3-10H,2,11-12H2,1H3,(H,20,23)(H,21,22). The first-order valence-corrected chi connectivity index (χ1v) is 9.53. The van der Waals surface area contributed by atoms with Gasteiger partial charge in [0.25, 0.3) is 5.91 Å². The van der Waals surface area contributed by atoms with Crippen LogP contribution in [-0.4, -0.2) is 24.1 Å². The molecule has 0 saturated heterocycles. The largest absolute Gasteiger partial charge is 0.352 e. The number of amides is 2. The second-order valence-corrected chi connectivity index (χ2v) is 7.01. The molecule has 2 aromatic rings. The minimum Gasteiger partial charge on any atom is -0.352 e. The van der Waals surface area contributed by atoms with Crippen molar-refractivity contribution in [3.8, 4) is 0 Å². The maximum atomic E-state index is 12.0. The van der Waals surface area contributed by atoms with Gasteiger partial charge < -0.3 is 10.6 Å². The molecule has 0 radical (unpaired) electrons. The van der Waals surface area contributed by atoms with E-state index in [2.05, 4.69) is 26.6 Å². The number of thioether (sulfide) groups is 1. The molecule has 0 spiro atoms. The number of anilines is 1. The Bertz CT molecular complexity index is 704. The lowest BCUT2D eigenvalue weighted by atomic mass is 10.2. The van der Waals surface area contributed by atoms with Gasteiger partial charge in [0, 0.05) is 28.0 Å². The zero-order valence-corrected chi connectivity index (χ0v) is 15.7. The molecular weight excluding hydrogens is 388 g/mol. The van der Waals surface area contributed by atoms with E-state index in [4.69, 9.17) is 0 Å². The van der Waals surface area contributed by atoms with E-state index < -0.39 is 0 Å². The summed E-state index contributed by atoms with van der Waals surface area (Å²) in [6, 6.07) is 15.0. The molecule has 0 unspecified atom stereocenters. The van der Waals surface area contributed by atoms with Gasteiger partial charge in [-0.05, 0) is 42.8 Å². The molecule has 0 aromatic heterocycles. The summed E-state index contributed by atoms with van der Waals surface area (Å²) in [6.45, 7) is 2.44. The molecule has 0 aliphatic heterocycles. The maximum absolute atomic E-state index is 12.0. The lowest BCUT2D eigenvalue weighted by Gasteiger charge is -2.08. The van der Waals surface area contributed by atoms with Crippen LogP contribution in [0.2, 0.25) is 0 Å². The van der Waals surface area contributed by atoms with Gasteiger partial charge in [0.1, 0.15) is 0 Å². The Morgan fingerprint density at radius 1 is 1.12 bits per heavy atom. The molecule has 0 fully saturated rings. The Balaban J connectivity index is 1.82. The number of carbonyl (C=O) groups excluding carboxylic acids is 2. The van der Waals surface area contributed by atoms with E-state index in [0.29, 0.717) is 23.5 Å². The molecule has 2 N–H and O–H groups in total. The van der Waals surface area contributed by atoms with Gasteiger partial charge in [-0.25, -0.2) is 0 Å². The zero-order valence-electron chi connectivity index (χ0n) is 13.3. The highest BCUT2D eigenvalue weighted by atomic mass is 79.9. The summed E-state index contributed by atoms with van der Waals surface area (Å²) in [5.41, 5.74) is 2.35. The van der Waals surface area contributed by atoms with Crippen LogP contribution in [0.25, 0.3) is 0 Å². The molecule has 0 bridgehead atoms. The van der Waals surface area contributed by atoms with Crippen molar-refractivity contribution in [2.45, 2.75) is 12.7 Å². The van der Waals surface area contributed by atoms with Crippen molar-refractivity contribution in [3.63, 3.8) is 0 Å². The Hall–Kier alpha value is -1.79. The van der Waals surface area contributed by atoms with Crippen LogP contribution in [-0.2, 0) is 10.5 Å². The molecule has 2 rings (SSSR count). The number of benzene rings is 2. The molecule has 0 atom stereocenters. The Kier molecular flexibility index (Phi) is 7.34. The maximum Gasteiger partial charge on any atom is 0.251 e. The van der Waals surface area contributed by atoms with E-state index >= 15 is 0 Å². The van der Waals surface area contributed by atoms with Crippen molar-refractivity contribution < 1.29 is 9.59 Å². The molecule has 0 saturated carbocycles. The first-order valence-electron chi connectivity index (χ1n) is 7.59. The predicted octanol–water partition coefficient (Wildman–Crippen LogP) is 4.07. The van der Waals surface area contributed by atoms with Gasteiger partial charge in [-0.2, -0.15) is 0 Å². The second kappa shape index (κ2) is 9.49. The van der Waals surface area contributed by atoms with Crippen molar-refractivity contribution in [1.29, 1.82) is 0 Å². The average Bonchev–Trinajstić information content (AvgIpc) is 2.57. The van der Waals surface area contributed by atoms with Crippen molar-refractivity contribution in [3.05, 3.63) is 64.1 Å². The quantitative estimate of drug-likeness (QED) is 0.728. The number of hydrogen-bond donors (Lipinski definition) is 2. The molecule has 126 valence electrons. The normalized spacial score (nSPS) is 10.2. The summed E-state index contributed by atoms with van der Waals surface area (Å²) in [5.74, 6) is 0.921. The molecule has 6 heteroatoms. The molecule has 2 aromatic carbocycles. The minimum atomic E-state index is -0.141. The van der Waals surface area contributed by atoms with Crippen LogP contribution < -0.4 is 10.6 Å². The third-order valence-corrected chi connectivity index (χ3v) is 4.69. The molecule has 4 nitrogen and oxygen atoms in total. The fraction of sp³-hybridized carbons (Fsp3) is 0.222. The number of nitrogens with one attached hydrogen (secondary N) is 2. The van der Waals surface area contributed by atoms with Crippen molar-refractivity contribution in [1.82, 2.24) is 5.32 Å². The summed E-state index contributed by atoms with van der Waals surface area (Å²) in [5, 5.41) is 5.57. The van der Waals surface area contributed by atoms with Gasteiger partial charge in [-0.1, -0.05) is 34.1 Å². The van der Waals surface area contributed by atoms with Crippen LogP contribution in [0.5, 0.6) is 0 Å². The van der Waals surface area contributed by atoms with Gasteiger partial charge in [0.2, 0.25) is 5.91 Å². The van der Waals surface area contributed by atoms with Crippen LogP contribution in [0, 0.1) is 0 Å². The highest BCUT2D eigenvalue weighted by Gasteiger charge is 2.07. The van der Waals surface area contributed by atoms with Crippen LogP contribution in [0.15, 0.2) is 53.0 Å². The van der Waals surface area contributed by atoms with Crippen LogP contribution in [0.1, 0.15) is 22.8 Å². The first-order chi connectivity index (χ1) is 11.6. The van der Waals surface area contributed by atoms with Gasteiger partial charge in [0.15, 0.2) is 0 Å². The van der Waals surface area contributed by atoms with E-state index in [0.717, 1.165) is 10.2 Å². The molecule has 0 aliphatic carbocycles. The molecule has 0 aliphatic rings. The summed E-state index contributed by atoms with van der Waals surface area (Å²) in [7, 11) is 0. The molecular formula is C18H19BrN2O2S. The average molecular weight is 407 g/mol. The summed E-state index contributed by atoms with van der Waals surface area (Å²) in [4.78, 5) is 23.8. The van der Waals surface area contributed by atoms with E-state index in [-0.39, 0.29) is 11.8 Å². The second-order valence-electron chi connectivity index (χ2n) is 5.11. The molecule has 24 heavy (non-hydrogen) atoms. The van der Waals surface area contributed by atoms with E-state index in [1.165, 1.54) is 5.56 Å². The van der Waals surface area contributed by atoms with Crippen LogP contribution in [0.3, 0.4) is 0 Å². The molecule has 0 heterocycles. The van der Waals surface area contributed by atoms with Gasteiger partial charge in [-0.3, -0.25) is 9.59 Å².